The molecule has 0 saturated heterocycles. The van der Waals surface area contributed by atoms with Crippen molar-refractivity contribution < 1.29 is 0 Å². The van der Waals surface area contributed by atoms with Crippen LogP contribution < -0.4 is 4.90 Å². The normalized spacial score (nSPS) is 17.2. The largest absolute Gasteiger partial charge is 0.310 e. The molecule has 1 nitrogen and oxygen atoms in total. The maximum Gasteiger partial charge on any atom is 0.0470 e. The quantitative estimate of drug-likeness (QED) is 0.167. The molecule has 1 unspecified atom stereocenters. The van der Waals surface area contributed by atoms with E-state index in [1.54, 1.807) is 0 Å². The summed E-state index contributed by atoms with van der Waals surface area (Å²) >= 11 is 0. The minimum absolute atomic E-state index is 0.0506. The van der Waals surface area contributed by atoms with Crippen LogP contribution in [0.2, 0.25) is 0 Å². The van der Waals surface area contributed by atoms with Gasteiger partial charge in [0, 0.05) is 33.3 Å². The SMILES string of the molecule is CC1(C)c2ccccc2-c2ccc(-c3ccc(N(c4cccc(-c5cccc6c5C(C)(C)c5ccccc5-6)c4)c4ccc5c(c4)C4(CCc6ccccc64)c4ccccc4-5)cc3)cc21. The standard InChI is InChI=1S/C63H49N/c1-61(2)55-24-10-6-18-48(55)51-33-29-42(38-58(51)61)40-27-30-44(31-28-40)64(45-17-13-16-43(37-45)47-21-14-22-53-50-20-7-11-25-56(50)62(3,4)60(47)53)46-32-34-52-49-19-8-12-26-57(49)63(59(52)39-46)36-35-41-15-5-9-23-54(41)63/h5-34,37-39H,35-36H2,1-4H3. The minimum Gasteiger partial charge on any atom is -0.310 e. The van der Waals surface area contributed by atoms with Crippen molar-refractivity contribution in [1.29, 1.82) is 0 Å². The van der Waals surface area contributed by atoms with E-state index >= 15 is 0 Å². The fraction of sp³-hybridized carbons (Fsp3) is 0.143. The number of hydrogen-bond acceptors (Lipinski definition) is 1. The average Bonchev–Trinajstić information content (AvgIpc) is 4.01. The first-order chi connectivity index (χ1) is 31.2. The summed E-state index contributed by atoms with van der Waals surface area (Å²) in [5, 5.41) is 0. The lowest BCUT2D eigenvalue weighted by Crippen LogP contribution is -2.24. The molecule has 0 N–H and O–H groups in total. The van der Waals surface area contributed by atoms with Gasteiger partial charge >= 0.3 is 0 Å². The van der Waals surface area contributed by atoms with E-state index in [1.165, 1.54) is 106 Å². The third-order valence-corrected chi connectivity index (χ3v) is 15.7. The molecule has 1 spiro atoms. The number of aryl methyl sites for hydroxylation is 1. The van der Waals surface area contributed by atoms with Gasteiger partial charge in [-0.2, -0.15) is 0 Å². The van der Waals surface area contributed by atoms with E-state index in [4.69, 9.17) is 0 Å². The van der Waals surface area contributed by atoms with Crippen LogP contribution in [0.1, 0.15) is 78.6 Å². The second-order valence-electron chi connectivity index (χ2n) is 19.6. The molecule has 4 aliphatic carbocycles. The van der Waals surface area contributed by atoms with Gasteiger partial charge in [-0.05, 0) is 155 Å². The van der Waals surface area contributed by atoms with E-state index in [1.807, 2.05) is 0 Å². The highest BCUT2D eigenvalue weighted by Crippen LogP contribution is 2.60. The number of fused-ring (bicyclic) bond motifs is 13. The van der Waals surface area contributed by atoms with Crippen molar-refractivity contribution >= 4 is 17.1 Å². The Labute approximate surface area is 377 Å². The summed E-state index contributed by atoms with van der Waals surface area (Å²) in [6.07, 6.45) is 2.15. The molecule has 1 heteroatoms. The minimum atomic E-state index is -0.178. The predicted molar refractivity (Wildman–Crippen MR) is 267 cm³/mol. The Kier molecular flexibility index (Phi) is 7.82. The molecule has 0 fully saturated rings. The fourth-order valence-electron chi connectivity index (χ4n) is 12.7. The molecule has 0 saturated carbocycles. The van der Waals surface area contributed by atoms with Gasteiger partial charge in [-0.1, -0.05) is 185 Å². The molecule has 0 aromatic heterocycles. The molecule has 0 heterocycles. The second kappa shape index (κ2) is 13.4. The lowest BCUT2D eigenvalue weighted by atomic mass is 9.73. The summed E-state index contributed by atoms with van der Waals surface area (Å²) in [7, 11) is 0. The lowest BCUT2D eigenvalue weighted by molar-refractivity contribution is 0.626. The van der Waals surface area contributed by atoms with Crippen LogP contribution in [-0.2, 0) is 22.7 Å². The maximum absolute atomic E-state index is 2.53. The lowest BCUT2D eigenvalue weighted by Gasteiger charge is -2.31. The first-order valence-electron chi connectivity index (χ1n) is 23.1. The number of benzene rings is 9. The highest BCUT2D eigenvalue weighted by molar-refractivity contribution is 5.92. The van der Waals surface area contributed by atoms with Crippen molar-refractivity contribution in [3.8, 4) is 55.6 Å². The molecule has 0 amide bonds. The number of hydrogen-bond donors (Lipinski definition) is 0. The Morgan fingerprint density at radius 2 is 0.859 bits per heavy atom. The number of rotatable bonds is 5. The van der Waals surface area contributed by atoms with Gasteiger partial charge in [-0.3, -0.25) is 0 Å². The van der Waals surface area contributed by atoms with Crippen molar-refractivity contribution in [1.82, 2.24) is 0 Å². The molecule has 64 heavy (non-hydrogen) atoms. The number of anilines is 3. The van der Waals surface area contributed by atoms with E-state index < -0.39 is 0 Å². The van der Waals surface area contributed by atoms with Crippen LogP contribution in [0.15, 0.2) is 200 Å². The highest BCUT2D eigenvalue weighted by atomic mass is 15.1. The smallest absolute Gasteiger partial charge is 0.0470 e. The van der Waals surface area contributed by atoms with Gasteiger partial charge in [0.05, 0.1) is 0 Å². The highest BCUT2D eigenvalue weighted by Gasteiger charge is 2.48. The molecule has 13 rings (SSSR count). The summed E-state index contributed by atoms with van der Waals surface area (Å²) in [4.78, 5) is 2.50. The second-order valence-corrected chi connectivity index (χ2v) is 19.6. The predicted octanol–water partition coefficient (Wildman–Crippen LogP) is 16.4. The van der Waals surface area contributed by atoms with Crippen LogP contribution in [0.5, 0.6) is 0 Å². The van der Waals surface area contributed by atoms with Gasteiger partial charge in [-0.15, -0.1) is 0 Å². The van der Waals surface area contributed by atoms with E-state index in [9.17, 15) is 0 Å². The third-order valence-electron chi connectivity index (χ3n) is 15.7. The van der Waals surface area contributed by atoms with Crippen LogP contribution in [0.25, 0.3) is 55.6 Å². The average molecular weight is 820 g/mol. The zero-order chi connectivity index (χ0) is 43.0. The molecule has 4 aliphatic rings. The molecule has 9 aromatic rings. The van der Waals surface area contributed by atoms with Crippen molar-refractivity contribution in [2.24, 2.45) is 0 Å². The summed E-state index contributed by atoms with van der Waals surface area (Å²) in [5.41, 5.74) is 27.6. The van der Waals surface area contributed by atoms with Gasteiger partial charge in [0.25, 0.3) is 0 Å². The van der Waals surface area contributed by atoms with Gasteiger partial charge in [0.2, 0.25) is 0 Å². The Morgan fingerprint density at radius 3 is 1.64 bits per heavy atom. The third kappa shape index (κ3) is 5.07. The summed E-state index contributed by atoms with van der Waals surface area (Å²) in [6, 6.07) is 76.0. The Hall–Kier alpha value is -7.22. The zero-order valence-corrected chi connectivity index (χ0v) is 36.9. The van der Waals surface area contributed by atoms with Crippen LogP contribution >= 0.6 is 0 Å². The molecule has 1 atom stereocenters. The molecule has 306 valence electrons. The molecule has 0 aliphatic heterocycles. The van der Waals surface area contributed by atoms with E-state index in [-0.39, 0.29) is 16.2 Å². The molecule has 9 aromatic carbocycles. The van der Waals surface area contributed by atoms with E-state index in [2.05, 4.69) is 233 Å². The molecular weight excluding hydrogens is 771 g/mol. The van der Waals surface area contributed by atoms with Crippen molar-refractivity contribution in [3.05, 3.63) is 245 Å². The molecular formula is C63H49N. The Morgan fingerprint density at radius 1 is 0.328 bits per heavy atom. The van der Waals surface area contributed by atoms with Crippen LogP contribution in [-0.4, -0.2) is 0 Å². The molecule has 0 bridgehead atoms. The van der Waals surface area contributed by atoms with E-state index in [0.29, 0.717) is 0 Å². The fourth-order valence-corrected chi connectivity index (χ4v) is 12.7. The van der Waals surface area contributed by atoms with Crippen molar-refractivity contribution in [2.75, 3.05) is 4.90 Å². The Bertz CT molecular complexity index is 3400. The van der Waals surface area contributed by atoms with Crippen molar-refractivity contribution in [2.45, 2.75) is 56.8 Å². The topological polar surface area (TPSA) is 3.24 Å². The van der Waals surface area contributed by atoms with Crippen LogP contribution in [0, 0.1) is 0 Å². The molecule has 0 radical (unpaired) electrons. The van der Waals surface area contributed by atoms with E-state index in [0.717, 1.165) is 24.2 Å². The zero-order valence-electron chi connectivity index (χ0n) is 36.9. The van der Waals surface area contributed by atoms with Gasteiger partial charge < -0.3 is 4.90 Å². The number of nitrogens with zero attached hydrogens (tertiary/aromatic N) is 1. The van der Waals surface area contributed by atoms with Gasteiger partial charge in [0.1, 0.15) is 0 Å². The summed E-state index contributed by atoms with van der Waals surface area (Å²) in [6.45, 7) is 9.51. The van der Waals surface area contributed by atoms with Crippen LogP contribution in [0.3, 0.4) is 0 Å². The summed E-state index contributed by atoms with van der Waals surface area (Å²) in [5.74, 6) is 0. The monoisotopic (exact) mass is 819 g/mol. The van der Waals surface area contributed by atoms with Crippen molar-refractivity contribution in [3.63, 3.8) is 0 Å². The Balaban J connectivity index is 0.970. The maximum atomic E-state index is 2.53. The van der Waals surface area contributed by atoms with Gasteiger partial charge in [-0.25, -0.2) is 0 Å². The van der Waals surface area contributed by atoms with Gasteiger partial charge in [0.15, 0.2) is 0 Å². The first-order valence-corrected chi connectivity index (χ1v) is 23.1. The first kappa shape index (κ1) is 37.3. The summed E-state index contributed by atoms with van der Waals surface area (Å²) < 4.78 is 0. The van der Waals surface area contributed by atoms with Crippen LogP contribution in [0.4, 0.5) is 17.1 Å².